The van der Waals surface area contributed by atoms with Gasteiger partial charge in [-0.2, -0.15) is 0 Å². The van der Waals surface area contributed by atoms with Crippen LogP contribution < -0.4 is 15.4 Å². The van der Waals surface area contributed by atoms with Crippen molar-refractivity contribution >= 4 is 37.9 Å². The first-order valence-electron chi connectivity index (χ1n) is 9.29. The van der Waals surface area contributed by atoms with Gasteiger partial charge in [-0.3, -0.25) is 10.1 Å². The number of rotatable bonds is 5. The number of imide groups is 1. The van der Waals surface area contributed by atoms with E-state index >= 15 is 0 Å². The van der Waals surface area contributed by atoms with Crippen molar-refractivity contribution in [3.05, 3.63) is 53.0 Å². The van der Waals surface area contributed by atoms with E-state index in [2.05, 4.69) is 31.3 Å². The van der Waals surface area contributed by atoms with Gasteiger partial charge >= 0.3 is 6.03 Å². The molecule has 1 saturated heterocycles. The minimum atomic E-state index is -3.73. The summed E-state index contributed by atoms with van der Waals surface area (Å²) < 4.78 is 29.0. The molecule has 1 spiro atoms. The molecule has 0 bridgehead atoms. The first kappa shape index (κ1) is 20.1. The van der Waals surface area contributed by atoms with Crippen LogP contribution >= 0.6 is 15.9 Å². The summed E-state index contributed by atoms with van der Waals surface area (Å²) in [5.74, 6) is -0.659. The molecular weight excluding hydrogens is 458 g/mol. The van der Waals surface area contributed by atoms with Crippen LogP contribution in [0.4, 0.5) is 4.79 Å². The molecule has 2 aliphatic rings. The van der Waals surface area contributed by atoms with Gasteiger partial charge in [-0.1, -0.05) is 46.6 Å². The van der Waals surface area contributed by atoms with Crippen LogP contribution in [0.2, 0.25) is 0 Å². The quantitative estimate of drug-likeness (QED) is 0.575. The summed E-state index contributed by atoms with van der Waals surface area (Å²) in [6.45, 7) is 0.0878. The van der Waals surface area contributed by atoms with Crippen molar-refractivity contribution in [2.45, 2.75) is 29.7 Å². The second-order valence-electron chi connectivity index (χ2n) is 7.35. The van der Waals surface area contributed by atoms with Crippen LogP contribution in [0.5, 0.6) is 0 Å². The Morgan fingerprint density at radius 3 is 2.24 bits per heavy atom. The zero-order chi connectivity index (χ0) is 20.6. The van der Waals surface area contributed by atoms with E-state index in [0.29, 0.717) is 12.8 Å². The first-order valence-corrected chi connectivity index (χ1v) is 11.6. The number of hydrogen-bond donors (Lipinski definition) is 3. The van der Waals surface area contributed by atoms with E-state index in [-0.39, 0.29) is 23.3 Å². The van der Waals surface area contributed by atoms with E-state index in [4.69, 9.17) is 0 Å². The van der Waals surface area contributed by atoms with Gasteiger partial charge < -0.3 is 5.32 Å². The second-order valence-corrected chi connectivity index (χ2v) is 10.0. The number of sulfonamides is 1. The third kappa shape index (κ3) is 3.82. The van der Waals surface area contributed by atoms with Crippen LogP contribution in [0.15, 0.2) is 57.9 Å². The summed E-state index contributed by atoms with van der Waals surface area (Å²) in [4.78, 5) is 24.0. The summed E-state index contributed by atoms with van der Waals surface area (Å²) in [5.41, 5.74) is 0.892. The molecule has 1 heterocycles. The van der Waals surface area contributed by atoms with Gasteiger partial charge in [0.1, 0.15) is 5.54 Å². The third-order valence-electron chi connectivity index (χ3n) is 5.65. The molecule has 3 N–H and O–H groups in total. The molecule has 4 rings (SSSR count). The smallest absolute Gasteiger partial charge is 0.322 e. The zero-order valence-electron chi connectivity index (χ0n) is 15.4. The SMILES string of the molecule is O=C1NC(=O)C2(CCCC2CNS(=O)(=O)c2ccc(-c3ccc(Br)cc3)cc2)N1. The van der Waals surface area contributed by atoms with E-state index in [0.717, 1.165) is 22.0 Å². The van der Waals surface area contributed by atoms with Crippen molar-refractivity contribution in [1.29, 1.82) is 0 Å². The molecule has 0 aromatic heterocycles. The number of urea groups is 1. The molecular formula is C20H20BrN3O4S. The summed E-state index contributed by atoms with van der Waals surface area (Å²) >= 11 is 3.39. The fourth-order valence-corrected chi connectivity index (χ4v) is 5.43. The van der Waals surface area contributed by atoms with Gasteiger partial charge in [0.15, 0.2) is 0 Å². The van der Waals surface area contributed by atoms with Crippen LogP contribution in [0.3, 0.4) is 0 Å². The normalized spacial score (nSPS) is 24.0. The lowest BCUT2D eigenvalue weighted by Gasteiger charge is -2.28. The first-order chi connectivity index (χ1) is 13.8. The maximum absolute atomic E-state index is 12.7. The van der Waals surface area contributed by atoms with Crippen LogP contribution in [0.1, 0.15) is 19.3 Å². The van der Waals surface area contributed by atoms with Crippen LogP contribution in [-0.4, -0.2) is 32.4 Å². The molecule has 2 atom stereocenters. The minimum Gasteiger partial charge on any atom is -0.323 e. The molecule has 7 nitrogen and oxygen atoms in total. The molecule has 152 valence electrons. The van der Waals surface area contributed by atoms with Crippen LogP contribution in [0, 0.1) is 5.92 Å². The molecule has 1 aliphatic carbocycles. The molecule has 1 aliphatic heterocycles. The molecule has 1 saturated carbocycles. The van der Waals surface area contributed by atoms with E-state index in [1.54, 1.807) is 24.3 Å². The highest BCUT2D eigenvalue weighted by atomic mass is 79.9. The lowest BCUT2D eigenvalue weighted by atomic mass is 9.87. The van der Waals surface area contributed by atoms with Gasteiger partial charge in [0, 0.05) is 16.9 Å². The minimum absolute atomic E-state index is 0.0878. The highest BCUT2D eigenvalue weighted by molar-refractivity contribution is 9.10. The van der Waals surface area contributed by atoms with Crippen molar-refractivity contribution in [3.8, 4) is 11.1 Å². The Labute approximate surface area is 177 Å². The number of carbonyl (C=O) groups excluding carboxylic acids is 2. The van der Waals surface area contributed by atoms with Gasteiger partial charge in [0.25, 0.3) is 5.91 Å². The third-order valence-corrected chi connectivity index (χ3v) is 7.62. The van der Waals surface area contributed by atoms with Crippen molar-refractivity contribution in [2.24, 2.45) is 5.92 Å². The molecule has 2 unspecified atom stereocenters. The maximum Gasteiger partial charge on any atom is 0.322 e. The summed E-state index contributed by atoms with van der Waals surface area (Å²) in [6.07, 6.45) is 1.93. The molecule has 2 aromatic rings. The van der Waals surface area contributed by atoms with Crippen LogP contribution in [-0.2, 0) is 14.8 Å². The van der Waals surface area contributed by atoms with Gasteiger partial charge in [-0.05, 0) is 48.2 Å². The number of hydrogen-bond acceptors (Lipinski definition) is 4. The predicted octanol–water partition coefficient (Wildman–Crippen LogP) is 2.77. The highest BCUT2D eigenvalue weighted by Gasteiger charge is 2.54. The lowest BCUT2D eigenvalue weighted by molar-refractivity contribution is -0.125. The van der Waals surface area contributed by atoms with E-state index in [9.17, 15) is 18.0 Å². The van der Waals surface area contributed by atoms with Gasteiger partial charge in [-0.15, -0.1) is 0 Å². The monoisotopic (exact) mass is 477 g/mol. The van der Waals surface area contributed by atoms with E-state index in [1.807, 2.05) is 24.3 Å². The molecule has 9 heteroatoms. The molecule has 0 radical (unpaired) electrons. The number of amides is 3. The van der Waals surface area contributed by atoms with E-state index in [1.165, 1.54) is 0 Å². The largest absolute Gasteiger partial charge is 0.323 e. The summed E-state index contributed by atoms with van der Waals surface area (Å²) in [7, 11) is -3.73. The fourth-order valence-electron chi connectivity index (χ4n) is 4.09. The Hall–Kier alpha value is -2.23. The standard InChI is InChI=1S/C20H20BrN3O4S/c21-16-7-3-13(4-8-16)14-5-9-17(10-6-14)29(27,28)22-12-15-2-1-11-20(15)18(25)23-19(26)24-20/h3-10,15,22H,1-2,11-12H2,(H2,23,24,25,26). The van der Waals surface area contributed by atoms with Crippen LogP contribution in [0.25, 0.3) is 11.1 Å². The van der Waals surface area contributed by atoms with Gasteiger partial charge in [-0.25, -0.2) is 17.9 Å². The zero-order valence-corrected chi connectivity index (χ0v) is 17.8. The fraction of sp³-hybridized carbons (Fsp3) is 0.300. The van der Waals surface area contributed by atoms with Crippen molar-refractivity contribution < 1.29 is 18.0 Å². The Morgan fingerprint density at radius 2 is 1.66 bits per heavy atom. The van der Waals surface area contributed by atoms with Gasteiger partial charge in [0.05, 0.1) is 4.90 Å². The molecule has 29 heavy (non-hydrogen) atoms. The average Bonchev–Trinajstić information content (AvgIpc) is 3.23. The van der Waals surface area contributed by atoms with Crippen molar-refractivity contribution in [3.63, 3.8) is 0 Å². The predicted molar refractivity (Wildman–Crippen MR) is 112 cm³/mol. The summed E-state index contributed by atoms with van der Waals surface area (Å²) in [5, 5.41) is 4.96. The number of benzene rings is 2. The topological polar surface area (TPSA) is 104 Å². The number of carbonyl (C=O) groups is 2. The Morgan fingerprint density at radius 1 is 1.03 bits per heavy atom. The molecule has 2 aromatic carbocycles. The summed E-state index contributed by atoms with van der Waals surface area (Å²) in [6, 6.07) is 13.9. The number of halogens is 1. The Kier molecular flexibility index (Phi) is 5.22. The lowest BCUT2D eigenvalue weighted by Crippen LogP contribution is -2.53. The maximum atomic E-state index is 12.7. The molecule has 3 amide bonds. The average molecular weight is 478 g/mol. The van der Waals surface area contributed by atoms with Crippen molar-refractivity contribution in [2.75, 3.05) is 6.54 Å². The molecule has 2 fully saturated rings. The second kappa shape index (κ2) is 7.55. The Bertz CT molecular complexity index is 1050. The number of nitrogens with one attached hydrogen (secondary N) is 3. The van der Waals surface area contributed by atoms with E-state index < -0.39 is 21.6 Å². The highest BCUT2D eigenvalue weighted by Crippen LogP contribution is 2.37. The van der Waals surface area contributed by atoms with Gasteiger partial charge in [0.2, 0.25) is 10.0 Å². The van der Waals surface area contributed by atoms with Crippen molar-refractivity contribution in [1.82, 2.24) is 15.4 Å². The Balaban J connectivity index is 1.47.